The van der Waals surface area contributed by atoms with E-state index in [0.29, 0.717) is 0 Å². The lowest BCUT2D eigenvalue weighted by Crippen LogP contribution is -1.84. The highest BCUT2D eigenvalue weighted by Crippen LogP contribution is 2.33. The van der Waals surface area contributed by atoms with E-state index in [1.165, 1.54) is 9.35 Å². The fourth-order valence-electron chi connectivity index (χ4n) is 1.44. The van der Waals surface area contributed by atoms with Crippen LogP contribution in [0, 0.1) is 0 Å². The third-order valence-corrected chi connectivity index (χ3v) is 6.22. The molecule has 0 atom stereocenters. The maximum Gasteiger partial charge on any atom is 0.127 e. The fourth-order valence-corrected chi connectivity index (χ4v) is 5.02. The maximum absolute atomic E-state index is 4.36. The predicted octanol–water partition coefficient (Wildman–Crippen LogP) is 4.81. The Kier molecular flexibility index (Phi) is 3.46. The van der Waals surface area contributed by atoms with Crippen LogP contribution in [0.2, 0.25) is 0 Å². The van der Waals surface area contributed by atoms with Gasteiger partial charge in [-0.3, -0.25) is 0 Å². The fraction of sp³-hybridized carbons (Fsp3) is 0.0909. The summed E-state index contributed by atoms with van der Waals surface area (Å²) in [6.07, 6.45) is 1.64. The van der Waals surface area contributed by atoms with Gasteiger partial charge in [-0.2, -0.15) is 0 Å². The van der Waals surface area contributed by atoms with Crippen molar-refractivity contribution in [2.75, 3.05) is 0 Å². The van der Waals surface area contributed by atoms with Crippen molar-refractivity contribution in [3.63, 3.8) is 0 Å². The smallest absolute Gasteiger partial charge is 0.127 e. The molecule has 0 fully saturated rings. The topological polar surface area (TPSA) is 25.8 Å². The largest absolute Gasteiger partial charge is 0.229 e. The van der Waals surface area contributed by atoms with E-state index in [4.69, 9.17) is 0 Å². The highest BCUT2D eigenvalue weighted by atomic mass is 79.9. The summed E-state index contributed by atoms with van der Waals surface area (Å²) in [5.74, 6) is 0.945. The molecule has 3 heterocycles. The van der Waals surface area contributed by atoms with Gasteiger partial charge in [0.15, 0.2) is 0 Å². The minimum Gasteiger partial charge on any atom is -0.229 e. The molecule has 0 spiro atoms. The lowest BCUT2D eigenvalue weighted by Gasteiger charge is -2.00. The van der Waals surface area contributed by atoms with E-state index in [1.807, 2.05) is 0 Å². The molecule has 0 radical (unpaired) electrons. The van der Waals surface area contributed by atoms with E-state index in [-0.39, 0.29) is 0 Å². The van der Waals surface area contributed by atoms with Crippen molar-refractivity contribution in [1.29, 1.82) is 0 Å². The van der Waals surface area contributed by atoms with Crippen LogP contribution in [-0.4, -0.2) is 9.97 Å². The van der Waals surface area contributed by atoms with Crippen molar-refractivity contribution in [2.24, 2.45) is 0 Å². The van der Waals surface area contributed by atoms with Crippen molar-refractivity contribution in [3.05, 3.63) is 38.6 Å². The molecule has 86 valence electrons. The third kappa shape index (κ3) is 2.40. The second-order valence-corrected chi connectivity index (χ2v) is 7.01. The second kappa shape index (κ2) is 5.06. The van der Waals surface area contributed by atoms with Crippen LogP contribution in [0.15, 0.2) is 38.7 Å². The first-order valence-electron chi connectivity index (χ1n) is 4.87. The van der Waals surface area contributed by atoms with Gasteiger partial charge >= 0.3 is 0 Å². The standard InChI is InChI=1S/C11H7BrN2S3/c12-8-2-4-15-9(8)5-17-11-7-1-3-16-10(7)13-6-14-11/h1-4,6H,5H2. The molecule has 0 aromatic carbocycles. The van der Waals surface area contributed by atoms with Gasteiger partial charge in [-0.15, -0.1) is 22.7 Å². The van der Waals surface area contributed by atoms with E-state index in [1.54, 1.807) is 40.8 Å². The molecular formula is C11H7BrN2S3. The monoisotopic (exact) mass is 342 g/mol. The number of fused-ring (bicyclic) bond motifs is 1. The zero-order chi connectivity index (χ0) is 11.7. The molecule has 0 aliphatic carbocycles. The first-order valence-corrected chi connectivity index (χ1v) is 8.41. The van der Waals surface area contributed by atoms with Gasteiger partial charge in [0.2, 0.25) is 0 Å². The Balaban J connectivity index is 1.86. The van der Waals surface area contributed by atoms with E-state index < -0.39 is 0 Å². The van der Waals surface area contributed by atoms with Crippen LogP contribution in [0.25, 0.3) is 10.2 Å². The number of thioether (sulfide) groups is 1. The first kappa shape index (κ1) is 11.6. The molecule has 6 heteroatoms. The molecule has 3 aromatic rings. The number of aromatic nitrogens is 2. The molecule has 0 aliphatic heterocycles. The summed E-state index contributed by atoms with van der Waals surface area (Å²) < 4.78 is 1.19. The summed E-state index contributed by atoms with van der Waals surface area (Å²) in [7, 11) is 0. The van der Waals surface area contributed by atoms with Crippen LogP contribution in [0.4, 0.5) is 0 Å². The molecule has 0 saturated carbocycles. The summed E-state index contributed by atoms with van der Waals surface area (Å²) in [6, 6.07) is 4.17. The molecule has 0 unspecified atom stereocenters. The van der Waals surface area contributed by atoms with Crippen molar-refractivity contribution in [3.8, 4) is 0 Å². The van der Waals surface area contributed by atoms with E-state index in [2.05, 4.69) is 48.8 Å². The van der Waals surface area contributed by atoms with Crippen LogP contribution in [0.1, 0.15) is 4.88 Å². The average molecular weight is 343 g/mol. The molecule has 0 bridgehead atoms. The Bertz CT molecular complexity index is 647. The zero-order valence-electron chi connectivity index (χ0n) is 8.59. The van der Waals surface area contributed by atoms with Crippen LogP contribution in [0.5, 0.6) is 0 Å². The van der Waals surface area contributed by atoms with Gasteiger partial charge in [-0.25, -0.2) is 9.97 Å². The Morgan fingerprint density at radius 1 is 1.18 bits per heavy atom. The number of hydrogen-bond acceptors (Lipinski definition) is 5. The normalized spacial score (nSPS) is 11.1. The predicted molar refractivity (Wildman–Crippen MR) is 79.0 cm³/mol. The van der Waals surface area contributed by atoms with Crippen molar-refractivity contribution in [2.45, 2.75) is 10.8 Å². The molecule has 0 saturated heterocycles. The quantitative estimate of drug-likeness (QED) is 0.504. The Labute approximate surface area is 119 Å². The number of rotatable bonds is 3. The molecule has 0 aliphatic rings. The lowest BCUT2D eigenvalue weighted by molar-refractivity contribution is 1.11. The molecule has 2 nitrogen and oxygen atoms in total. The van der Waals surface area contributed by atoms with Gasteiger partial charge in [0.25, 0.3) is 0 Å². The molecule has 0 amide bonds. The van der Waals surface area contributed by atoms with Gasteiger partial charge in [-0.05, 0) is 38.8 Å². The van der Waals surface area contributed by atoms with Crippen LogP contribution in [0.3, 0.4) is 0 Å². The summed E-state index contributed by atoms with van der Waals surface area (Å²) in [5.41, 5.74) is 0. The molecule has 3 aromatic heterocycles. The second-order valence-electron chi connectivity index (χ2n) is 3.30. The van der Waals surface area contributed by atoms with E-state index >= 15 is 0 Å². The van der Waals surface area contributed by atoms with Crippen molar-refractivity contribution >= 4 is 60.6 Å². The van der Waals surface area contributed by atoms with Crippen LogP contribution < -0.4 is 0 Å². The van der Waals surface area contributed by atoms with Gasteiger partial charge in [0, 0.05) is 20.5 Å². The first-order chi connectivity index (χ1) is 8.34. The molecule has 0 N–H and O–H groups in total. The molecular weight excluding hydrogens is 336 g/mol. The van der Waals surface area contributed by atoms with Gasteiger partial charge in [0.1, 0.15) is 16.2 Å². The Morgan fingerprint density at radius 2 is 2.06 bits per heavy atom. The maximum atomic E-state index is 4.36. The number of nitrogens with zero attached hydrogens (tertiary/aromatic N) is 2. The summed E-state index contributed by atoms with van der Waals surface area (Å²) in [6.45, 7) is 0. The zero-order valence-corrected chi connectivity index (χ0v) is 12.6. The van der Waals surface area contributed by atoms with Gasteiger partial charge < -0.3 is 0 Å². The summed E-state index contributed by atoms with van der Waals surface area (Å²) in [4.78, 5) is 11.0. The van der Waals surface area contributed by atoms with Crippen molar-refractivity contribution in [1.82, 2.24) is 9.97 Å². The minimum atomic E-state index is 0.945. The summed E-state index contributed by atoms with van der Waals surface area (Å²) >= 11 is 8.74. The average Bonchev–Trinajstić information content (AvgIpc) is 2.95. The SMILES string of the molecule is Brc1ccsc1CSc1ncnc2sccc12. The number of hydrogen-bond donors (Lipinski definition) is 0. The molecule has 17 heavy (non-hydrogen) atoms. The lowest BCUT2D eigenvalue weighted by atomic mass is 10.4. The third-order valence-electron chi connectivity index (χ3n) is 2.26. The van der Waals surface area contributed by atoms with Crippen molar-refractivity contribution < 1.29 is 0 Å². The number of halogens is 1. The highest BCUT2D eigenvalue weighted by molar-refractivity contribution is 9.10. The van der Waals surface area contributed by atoms with Gasteiger partial charge in [-0.1, -0.05) is 11.8 Å². The Morgan fingerprint density at radius 3 is 2.88 bits per heavy atom. The Hall–Kier alpha value is -0.430. The van der Waals surface area contributed by atoms with E-state index in [9.17, 15) is 0 Å². The minimum absolute atomic E-state index is 0.945. The van der Waals surface area contributed by atoms with E-state index in [0.717, 1.165) is 21.0 Å². The van der Waals surface area contributed by atoms with Crippen LogP contribution >= 0.6 is 50.4 Å². The highest BCUT2D eigenvalue weighted by Gasteiger charge is 2.07. The summed E-state index contributed by atoms with van der Waals surface area (Å²) in [5, 5.41) is 6.39. The molecule has 3 rings (SSSR count). The van der Waals surface area contributed by atoms with Crippen LogP contribution in [-0.2, 0) is 5.75 Å². The number of thiophene rings is 2. The van der Waals surface area contributed by atoms with Gasteiger partial charge in [0.05, 0.1) is 0 Å².